The molecule has 1 amide bonds. The van der Waals surface area contributed by atoms with Crippen molar-refractivity contribution in [1.29, 1.82) is 0 Å². The summed E-state index contributed by atoms with van der Waals surface area (Å²) in [7, 11) is 3.56. The van der Waals surface area contributed by atoms with Gasteiger partial charge in [0.15, 0.2) is 5.78 Å². The molecule has 1 aromatic heterocycles. The van der Waals surface area contributed by atoms with E-state index in [0.29, 0.717) is 23.2 Å². The Morgan fingerprint density at radius 3 is 2.27 bits per heavy atom. The summed E-state index contributed by atoms with van der Waals surface area (Å²) in [6, 6.07) is 16.2. The van der Waals surface area contributed by atoms with Crippen molar-refractivity contribution in [3.8, 4) is 0 Å². The lowest BCUT2D eigenvalue weighted by molar-refractivity contribution is 0.0777. The van der Waals surface area contributed by atoms with Crippen LogP contribution in [0.3, 0.4) is 0 Å². The van der Waals surface area contributed by atoms with Crippen molar-refractivity contribution in [3.05, 3.63) is 88.7 Å². The quantitative estimate of drug-likeness (QED) is 0.666. The minimum Gasteiger partial charge on any atom is -0.336 e. The van der Waals surface area contributed by atoms with Crippen LogP contribution in [0.4, 0.5) is 0 Å². The number of aryl methyl sites for hydroxylation is 2. The van der Waals surface area contributed by atoms with E-state index >= 15 is 0 Å². The van der Waals surface area contributed by atoms with Crippen molar-refractivity contribution in [2.45, 2.75) is 13.5 Å². The van der Waals surface area contributed by atoms with Gasteiger partial charge in [-0.25, -0.2) is 0 Å². The minimum atomic E-state index is -0.192. The highest BCUT2D eigenvalue weighted by atomic mass is 16.2. The highest BCUT2D eigenvalue weighted by Gasteiger charge is 2.21. The first-order chi connectivity index (χ1) is 12.5. The number of hydrogen-bond acceptors (Lipinski definition) is 3. The Balaban J connectivity index is 1.88. The average molecular weight is 347 g/mol. The van der Waals surface area contributed by atoms with Crippen LogP contribution in [0.25, 0.3) is 0 Å². The van der Waals surface area contributed by atoms with Gasteiger partial charge in [-0.05, 0) is 19.1 Å². The fourth-order valence-corrected chi connectivity index (χ4v) is 2.80. The second-order valence-corrected chi connectivity index (χ2v) is 6.35. The second-order valence-electron chi connectivity index (χ2n) is 6.35. The normalized spacial score (nSPS) is 10.6. The predicted octanol–water partition coefficient (Wildman–Crippen LogP) is 3.23. The van der Waals surface area contributed by atoms with Gasteiger partial charge in [0.2, 0.25) is 0 Å². The van der Waals surface area contributed by atoms with Gasteiger partial charge in [-0.15, -0.1) is 0 Å². The van der Waals surface area contributed by atoms with Crippen molar-refractivity contribution < 1.29 is 9.59 Å². The Bertz CT molecular complexity index is 942. The fraction of sp³-hybridized carbons (Fsp3) is 0.190. The van der Waals surface area contributed by atoms with Gasteiger partial charge < -0.3 is 4.90 Å². The smallest absolute Gasteiger partial charge is 0.254 e. The first-order valence-electron chi connectivity index (χ1n) is 8.40. The van der Waals surface area contributed by atoms with Crippen molar-refractivity contribution in [2.24, 2.45) is 7.05 Å². The van der Waals surface area contributed by atoms with E-state index in [0.717, 1.165) is 11.3 Å². The van der Waals surface area contributed by atoms with E-state index in [1.807, 2.05) is 32.2 Å². The summed E-state index contributed by atoms with van der Waals surface area (Å²) in [5.74, 6) is -0.342. The third kappa shape index (κ3) is 3.57. The number of nitrogens with zero attached hydrogens (tertiary/aromatic N) is 3. The van der Waals surface area contributed by atoms with Crippen LogP contribution in [0.2, 0.25) is 0 Å². The summed E-state index contributed by atoms with van der Waals surface area (Å²) in [4.78, 5) is 27.4. The molecule has 26 heavy (non-hydrogen) atoms. The number of amides is 1. The van der Waals surface area contributed by atoms with Crippen molar-refractivity contribution in [2.75, 3.05) is 7.05 Å². The number of hydrogen-bond donors (Lipinski definition) is 0. The molecule has 0 aliphatic heterocycles. The lowest BCUT2D eigenvalue weighted by atomic mass is 9.97. The Morgan fingerprint density at radius 2 is 1.65 bits per heavy atom. The number of benzene rings is 2. The Labute approximate surface area is 152 Å². The lowest BCUT2D eigenvalue weighted by Gasteiger charge is -2.19. The second kappa shape index (κ2) is 7.35. The maximum Gasteiger partial charge on any atom is 0.254 e. The number of carbonyl (C=O) groups is 2. The van der Waals surface area contributed by atoms with Crippen LogP contribution in [-0.4, -0.2) is 33.4 Å². The summed E-state index contributed by atoms with van der Waals surface area (Å²) in [6.45, 7) is 2.39. The SMILES string of the molecule is Cc1ccc(C(=O)c2ccccc2C(=O)N(C)Cc2ccnn2C)cc1. The van der Waals surface area contributed by atoms with Crippen molar-refractivity contribution >= 4 is 11.7 Å². The van der Waals surface area contributed by atoms with Crippen LogP contribution in [0, 0.1) is 6.92 Å². The van der Waals surface area contributed by atoms with Gasteiger partial charge in [-0.1, -0.05) is 48.0 Å². The third-order valence-corrected chi connectivity index (χ3v) is 4.38. The van der Waals surface area contributed by atoms with E-state index in [1.165, 1.54) is 0 Å². The minimum absolute atomic E-state index is 0.150. The molecule has 0 spiro atoms. The Hall–Kier alpha value is -3.21. The molecule has 0 saturated carbocycles. The third-order valence-electron chi connectivity index (χ3n) is 4.38. The van der Waals surface area contributed by atoms with E-state index in [4.69, 9.17) is 0 Å². The van der Waals surface area contributed by atoms with Crippen molar-refractivity contribution in [3.63, 3.8) is 0 Å². The molecule has 2 aromatic carbocycles. The Kier molecular flexibility index (Phi) is 4.98. The predicted molar refractivity (Wildman–Crippen MR) is 100 cm³/mol. The van der Waals surface area contributed by atoms with Gasteiger partial charge in [0.25, 0.3) is 5.91 Å². The Morgan fingerprint density at radius 1 is 1.00 bits per heavy atom. The fourth-order valence-electron chi connectivity index (χ4n) is 2.80. The molecule has 0 aliphatic carbocycles. The van der Waals surface area contributed by atoms with E-state index in [1.54, 1.807) is 59.2 Å². The molecular formula is C21H21N3O2. The molecule has 0 aliphatic rings. The van der Waals surface area contributed by atoms with Gasteiger partial charge >= 0.3 is 0 Å². The maximum atomic E-state index is 12.9. The first-order valence-corrected chi connectivity index (χ1v) is 8.40. The molecule has 0 atom stereocenters. The summed E-state index contributed by atoms with van der Waals surface area (Å²) in [5, 5.41) is 4.12. The zero-order valence-electron chi connectivity index (χ0n) is 15.1. The van der Waals surface area contributed by atoms with Gasteiger partial charge in [0.05, 0.1) is 17.8 Å². The molecule has 3 aromatic rings. The standard InChI is InChI=1S/C21H21N3O2/c1-15-8-10-16(11-9-15)20(25)18-6-4-5-7-19(18)21(26)23(2)14-17-12-13-22-24(17)3/h4-13H,14H2,1-3H3. The van der Waals surface area contributed by atoms with Crippen LogP contribution in [0.5, 0.6) is 0 Å². The molecule has 132 valence electrons. The molecule has 1 heterocycles. The number of aromatic nitrogens is 2. The molecule has 0 bridgehead atoms. The van der Waals surface area contributed by atoms with E-state index in [9.17, 15) is 9.59 Å². The van der Waals surface area contributed by atoms with Gasteiger partial charge in [-0.2, -0.15) is 5.10 Å². The molecule has 0 radical (unpaired) electrons. The maximum absolute atomic E-state index is 12.9. The summed E-state index contributed by atoms with van der Waals surface area (Å²) in [5.41, 5.74) is 3.40. The molecular weight excluding hydrogens is 326 g/mol. The molecule has 0 N–H and O–H groups in total. The van der Waals surface area contributed by atoms with Gasteiger partial charge in [-0.3, -0.25) is 14.3 Å². The highest BCUT2D eigenvalue weighted by molar-refractivity contribution is 6.15. The van der Waals surface area contributed by atoms with Crippen LogP contribution >= 0.6 is 0 Å². The van der Waals surface area contributed by atoms with E-state index < -0.39 is 0 Å². The lowest BCUT2D eigenvalue weighted by Crippen LogP contribution is -2.28. The molecule has 0 fully saturated rings. The zero-order valence-corrected chi connectivity index (χ0v) is 15.1. The van der Waals surface area contributed by atoms with Crippen LogP contribution in [-0.2, 0) is 13.6 Å². The highest BCUT2D eigenvalue weighted by Crippen LogP contribution is 2.18. The average Bonchev–Trinajstić information content (AvgIpc) is 3.05. The number of rotatable bonds is 5. The van der Waals surface area contributed by atoms with Crippen molar-refractivity contribution in [1.82, 2.24) is 14.7 Å². The van der Waals surface area contributed by atoms with E-state index in [2.05, 4.69) is 5.10 Å². The monoisotopic (exact) mass is 347 g/mol. The van der Waals surface area contributed by atoms with Crippen LogP contribution < -0.4 is 0 Å². The van der Waals surface area contributed by atoms with Gasteiger partial charge in [0.1, 0.15) is 0 Å². The first kappa shape index (κ1) is 17.6. The molecule has 5 nitrogen and oxygen atoms in total. The van der Waals surface area contributed by atoms with E-state index in [-0.39, 0.29) is 11.7 Å². The van der Waals surface area contributed by atoms with Gasteiger partial charge in [0, 0.05) is 31.4 Å². The molecule has 5 heteroatoms. The molecule has 0 saturated heterocycles. The number of ketones is 1. The summed E-state index contributed by atoms with van der Waals surface area (Å²) >= 11 is 0. The topological polar surface area (TPSA) is 55.2 Å². The summed E-state index contributed by atoms with van der Waals surface area (Å²) < 4.78 is 1.73. The zero-order chi connectivity index (χ0) is 18.7. The largest absolute Gasteiger partial charge is 0.336 e. The van der Waals surface area contributed by atoms with Crippen LogP contribution in [0.1, 0.15) is 37.5 Å². The molecule has 3 rings (SSSR count). The molecule has 0 unspecified atom stereocenters. The van der Waals surface area contributed by atoms with Crippen LogP contribution in [0.15, 0.2) is 60.8 Å². The number of carbonyl (C=O) groups excluding carboxylic acids is 2. The summed E-state index contributed by atoms with van der Waals surface area (Å²) in [6.07, 6.45) is 1.70.